The van der Waals surface area contributed by atoms with Gasteiger partial charge in [0.15, 0.2) is 0 Å². The molecule has 1 aliphatic rings. The smallest absolute Gasteiger partial charge is 0.259 e. The van der Waals surface area contributed by atoms with E-state index >= 15 is 0 Å². The molecule has 1 aliphatic carbocycles. The van der Waals surface area contributed by atoms with Crippen molar-refractivity contribution in [1.29, 1.82) is 5.41 Å². The number of carbonyl (C=O) groups is 2. The van der Waals surface area contributed by atoms with E-state index in [-0.39, 0.29) is 23.8 Å². The van der Waals surface area contributed by atoms with Gasteiger partial charge < -0.3 is 10.2 Å². The number of rotatable bonds is 8. The first-order valence-corrected chi connectivity index (χ1v) is 10.8. The molecule has 0 bridgehead atoms. The van der Waals surface area contributed by atoms with E-state index in [1.54, 1.807) is 36.2 Å². The average Bonchev–Trinajstić information content (AvgIpc) is 3.51. The van der Waals surface area contributed by atoms with Gasteiger partial charge in [-0.1, -0.05) is 25.6 Å². The third kappa shape index (κ3) is 4.88. The lowest BCUT2D eigenvalue weighted by Gasteiger charge is -2.26. The van der Waals surface area contributed by atoms with Crippen LogP contribution in [0.15, 0.2) is 43.0 Å². The fourth-order valence-electron chi connectivity index (χ4n) is 3.54. The zero-order valence-electron chi connectivity index (χ0n) is 19.3. The maximum atomic E-state index is 13.2. The van der Waals surface area contributed by atoms with Crippen LogP contribution in [-0.4, -0.2) is 41.1 Å². The molecular formula is C25H31N5O2. The van der Waals surface area contributed by atoms with Crippen molar-refractivity contribution in [2.24, 2.45) is 11.8 Å². The van der Waals surface area contributed by atoms with Gasteiger partial charge in [0.1, 0.15) is 5.82 Å². The molecule has 1 heterocycles. The number of pyridine rings is 1. The van der Waals surface area contributed by atoms with Gasteiger partial charge in [0.2, 0.25) is 5.91 Å². The molecule has 7 heteroatoms. The summed E-state index contributed by atoms with van der Waals surface area (Å²) < 4.78 is 0. The molecule has 168 valence electrons. The first kappa shape index (κ1) is 23.2. The van der Waals surface area contributed by atoms with Crippen LogP contribution in [0.2, 0.25) is 0 Å². The maximum Gasteiger partial charge on any atom is 0.259 e. The van der Waals surface area contributed by atoms with E-state index in [9.17, 15) is 9.59 Å². The number of nitrogens with one attached hydrogen (secondary N) is 2. The number of hydrogen-bond donors (Lipinski definition) is 2. The van der Waals surface area contributed by atoms with Crippen molar-refractivity contribution in [3.63, 3.8) is 0 Å². The second-order valence-corrected chi connectivity index (χ2v) is 8.66. The SMILES string of the molecule is C=C(c1cccc(N(C)C(=O)c2ccc(C)c(NC(=O)[C@@H]3C[C@@H]3C)c2)n1)N(C=N)C(C)C. The quantitative estimate of drug-likeness (QED) is 0.472. The van der Waals surface area contributed by atoms with Crippen LogP contribution >= 0.6 is 0 Å². The summed E-state index contributed by atoms with van der Waals surface area (Å²) in [5.41, 5.74) is 3.21. The number of carbonyl (C=O) groups excluding carboxylic acids is 2. The van der Waals surface area contributed by atoms with Crippen molar-refractivity contribution in [1.82, 2.24) is 9.88 Å². The molecule has 2 N–H and O–H groups in total. The minimum atomic E-state index is -0.233. The predicted molar refractivity (Wildman–Crippen MR) is 129 cm³/mol. The Bertz CT molecular complexity index is 1060. The average molecular weight is 434 g/mol. The van der Waals surface area contributed by atoms with Crippen LogP contribution in [0.3, 0.4) is 0 Å². The normalized spacial score (nSPS) is 16.9. The molecule has 2 aromatic rings. The second-order valence-electron chi connectivity index (χ2n) is 8.66. The lowest BCUT2D eigenvalue weighted by molar-refractivity contribution is -0.117. The summed E-state index contributed by atoms with van der Waals surface area (Å²) in [6.07, 6.45) is 2.13. The summed E-state index contributed by atoms with van der Waals surface area (Å²) in [6, 6.07) is 10.7. The highest BCUT2D eigenvalue weighted by Crippen LogP contribution is 2.38. The van der Waals surface area contributed by atoms with E-state index in [0.29, 0.717) is 34.4 Å². The molecule has 32 heavy (non-hydrogen) atoms. The lowest BCUT2D eigenvalue weighted by atomic mass is 10.1. The van der Waals surface area contributed by atoms with Crippen LogP contribution in [0.4, 0.5) is 11.5 Å². The Labute approximate surface area is 189 Å². The van der Waals surface area contributed by atoms with Gasteiger partial charge in [-0.05, 0) is 62.9 Å². The molecule has 7 nitrogen and oxygen atoms in total. The van der Waals surface area contributed by atoms with Crippen LogP contribution in [0.5, 0.6) is 0 Å². The van der Waals surface area contributed by atoms with E-state index in [1.165, 1.54) is 11.2 Å². The highest BCUT2D eigenvalue weighted by Gasteiger charge is 2.39. The Morgan fingerprint density at radius 3 is 2.56 bits per heavy atom. The van der Waals surface area contributed by atoms with Crippen molar-refractivity contribution in [3.05, 3.63) is 59.8 Å². The maximum absolute atomic E-state index is 13.2. The number of benzene rings is 1. The monoisotopic (exact) mass is 433 g/mol. The van der Waals surface area contributed by atoms with Crippen molar-refractivity contribution >= 4 is 35.4 Å². The van der Waals surface area contributed by atoms with Crippen LogP contribution in [0.25, 0.3) is 5.70 Å². The molecular weight excluding hydrogens is 402 g/mol. The molecule has 1 aromatic carbocycles. The van der Waals surface area contributed by atoms with Crippen LogP contribution in [0, 0.1) is 24.2 Å². The zero-order chi connectivity index (χ0) is 23.6. The van der Waals surface area contributed by atoms with Crippen LogP contribution in [-0.2, 0) is 4.79 Å². The van der Waals surface area contributed by atoms with Crippen LogP contribution < -0.4 is 10.2 Å². The first-order valence-electron chi connectivity index (χ1n) is 10.8. The number of hydrogen-bond acceptors (Lipinski definition) is 4. The first-order chi connectivity index (χ1) is 15.1. The Morgan fingerprint density at radius 2 is 1.97 bits per heavy atom. The van der Waals surface area contributed by atoms with E-state index in [0.717, 1.165) is 12.0 Å². The number of anilines is 2. The number of nitrogens with zero attached hydrogens (tertiary/aromatic N) is 3. The van der Waals surface area contributed by atoms with Gasteiger partial charge in [-0.2, -0.15) is 0 Å². The van der Waals surface area contributed by atoms with E-state index in [4.69, 9.17) is 5.41 Å². The van der Waals surface area contributed by atoms with E-state index < -0.39 is 0 Å². The summed E-state index contributed by atoms with van der Waals surface area (Å²) in [7, 11) is 1.66. The minimum Gasteiger partial charge on any atom is -0.329 e. The Balaban J connectivity index is 1.81. The van der Waals surface area contributed by atoms with Crippen LogP contribution in [0.1, 0.15) is 48.8 Å². The van der Waals surface area contributed by atoms with Crippen molar-refractivity contribution < 1.29 is 9.59 Å². The molecule has 1 fully saturated rings. The molecule has 0 saturated heterocycles. The molecule has 0 spiro atoms. The topological polar surface area (TPSA) is 89.4 Å². The fraction of sp³-hybridized carbons (Fsp3) is 0.360. The summed E-state index contributed by atoms with van der Waals surface area (Å²) >= 11 is 0. The van der Waals surface area contributed by atoms with E-state index in [1.807, 2.05) is 32.9 Å². The molecule has 3 rings (SSSR count). The largest absolute Gasteiger partial charge is 0.329 e. The highest BCUT2D eigenvalue weighted by atomic mass is 16.2. The second kappa shape index (κ2) is 9.34. The molecule has 1 saturated carbocycles. The van der Waals surface area contributed by atoms with Gasteiger partial charge in [-0.25, -0.2) is 4.98 Å². The van der Waals surface area contributed by atoms with Gasteiger partial charge in [0.05, 0.1) is 17.7 Å². The lowest BCUT2D eigenvalue weighted by Crippen LogP contribution is -2.29. The van der Waals surface area contributed by atoms with Crippen molar-refractivity contribution in [2.75, 3.05) is 17.3 Å². The van der Waals surface area contributed by atoms with E-state index in [2.05, 4.69) is 23.8 Å². The van der Waals surface area contributed by atoms with Gasteiger partial charge in [-0.3, -0.25) is 19.9 Å². The van der Waals surface area contributed by atoms with Crippen molar-refractivity contribution in [3.8, 4) is 0 Å². The molecule has 1 aromatic heterocycles. The van der Waals surface area contributed by atoms with Gasteiger partial charge >= 0.3 is 0 Å². The summed E-state index contributed by atoms with van der Waals surface area (Å²) in [5.74, 6) is 0.720. The zero-order valence-corrected chi connectivity index (χ0v) is 19.3. The van der Waals surface area contributed by atoms with Gasteiger partial charge in [0, 0.05) is 30.3 Å². The molecule has 2 atom stereocenters. The van der Waals surface area contributed by atoms with Crippen molar-refractivity contribution in [2.45, 2.75) is 40.2 Å². The molecule has 0 radical (unpaired) electrons. The number of aryl methyl sites for hydroxylation is 1. The number of aromatic nitrogens is 1. The third-order valence-corrected chi connectivity index (χ3v) is 5.87. The fourth-order valence-corrected chi connectivity index (χ4v) is 3.54. The molecule has 2 amide bonds. The standard InChI is InChI=1S/C25H31N5O2/c1-15(2)30(14-26)18(5)21-8-7-9-23(27-21)29(6)25(32)19-11-10-16(3)22(13-19)28-24(31)20-12-17(20)4/h7-11,13-15,17,20,26H,5,12H2,1-4,6H3,(H,28,31)/t17-,20+/m0/s1. The Kier molecular flexibility index (Phi) is 6.77. The predicted octanol–water partition coefficient (Wildman–Crippen LogP) is 4.55. The summed E-state index contributed by atoms with van der Waals surface area (Å²) in [4.78, 5) is 33.3. The number of amides is 2. The van der Waals surface area contributed by atoms with Gasteiger partial charge in [0.25, 0.3) is 5.91 Å². The minimum absolute atomic E-state index is 0.00680. The summed E-state index contributed by atoms with van der Waals surface area (Å²) in [5, 5.41) is 10.6. The summed E-state index contributed by atoms with van der Waals surface area (Å²) in [6.45, 7) is 12.0. The van der Waals surface area contributed by atoms with Gasteiger partial charge in [-0.15, -0.1) is 0 Å². The molecule has 0 unspecified atom stereocenters. The molecule has 0 aliphatic heterocycles. The highest BCUT2D eigenvalue weighted by molar-refractivity contribution is 6.06. The Morgan fingerprint density at radius 1 is 1.28 bits per heavy atom. The Hall–Kier alpha value is -3.48. The third-order valence-electron chi connectivity index (χ3n) is 5.87.